The van der Waals surface area contributed by atoms with Gasteiger partial charge in [-0.25, -0.2) is 0 Å². The van der Waals surface area contributed by atoms with E-state index in [1.807, 2.05) is 0 Å². The summed E-state index contributed by atoms with van der Waals surface area (Å²) in [5, 5.41) is 18.9. The molecule has 0 aromatic heterocycles. The van der Waals surface area contributed by atoms with Crippen molar-refractivity contribution in [2.75, 3.05) is 0 Å². The highest BCUT2D eigenvalue weighted by atomic mass is 16.3. The number of aliphatic hydroxyl groups excluding tert-OH is 2. The van der Waals surface area contributed by atoms with E-state index in [2.05, 4.69) is 20.8 Å². The first kappa shape index (κ1) is 10.0. The normalized spacial score (nSPS) is 38.2. The number of aliphatic hydroxyl groups is 2. The molecule has 0 aromatic carbocycles. The molecule has 0 bridgehead atoms. The maximum absolute atomic E-state index is 9.45. The van der Waals surface area contributed by atoms with Crippen LogP contribution in [0.15, 0.2) is 0 Å². The summed E-state index contributed by atoms with van der Waals surface area (Å²) < 4.78 is 0. The van der Waals surface area contributed by atoms with Gasteiger partial charge in [0.25, 0.3) is 0 Å². The molecule has 0 spiro atoms. The van der Waals surface area contributed by atoms with Gasteiger partial charge in [0.05, 0.1) is 12.2 Å². The molecule has 0 unspecified atom stereocenters. The Morgan fingerprint density at radius 2 is 1.33 bits per heavy atom. The topological polar surface area (TPSA) is 40.5 Å². The maximum Gasteiger partial charge on any atom is 0.0567 e. The van der Waals surface area contributed by atoms with Crippen molar-refractivity contribution in [2.45, 2.75) is 52.2 Å². The maximum atomic E-state index is 9.45. The first-order valence-corrected chi connectivity index (χ1v) is 4.75. The molecule has 0 aromatic rings. The van der Waals surface area contributed by atoms with E-state index in [0.717, 1.165) is 12.8 Å². The number of rotatable bonds is 0. The summed E-state index contributed by atoms with van der Waals surface area (Å²) in [6.45, 7) is 6.51. The van der Waals surface area contributed by atoms with Crippen LogP contribution in [0, 0.1) is 11.3 Å². The first-order valence-electron chi connectivity index (χ1n) is 4.75. The lowest BCUT2D eigenvalue weighted by Gasteiger charge is -2.38. The summed E-state index contributed by atoms with van der Waals surface area (Å²) in [6, 6.07) is 0. The Kier molecular flexibility index (Phi) is 2.79. The summed E-state index contributed by atoms with van der Waals surface area (Å²) >= 11 is 0. The van der Waals surface area contributed by atoms with Gasteiger partial charge in [-0.15, -0.1) is 0 Å². The third-order valence-electron chi connectivity index (χ3n) is 2.88. The van der Waals surface area contributed by atoms with Crippen molar-refractivity contribution in [3.63, 3.8) is 0 Å². The van der Waals surface area contributed by atoms with E-state index >= 15 is 0 Å². The largest absolute Gasteiger partial charge is 0.393 e. The SMILES string of the molecule is CC(C)(C)C1C[C@H](O)C[C@@H](O)C1. The highest BCUT2D eigenvalue weighted by molar-refractivity contribution is 4.84. The predicted octanol–water partition coefficient (Wildman–Crippen LogP) is 1.55. The fourth-order valence-electron chi connectivity index (χ4n) is 1.97. The monoisotopic (exact) mass is 172 g/mol. The third-order valence-corrected chi connectivity index (χ3v) is 2.88. The van der Waals surface area contributed by atoms with Crippen LogP contribution in [-0.4, -0.2) is 22.4 Å². The van der Waals surface area contributed by atoms with Gasteiger partial charge in [0.2, 0.25) is 0 Å². The standard InChI is InChI=1S/C10H20O2/c1-10(2,3)7-4-8(11)6-9(12)5-7/h7-9,11-12H,4-6H2,1-3H3/t8-,9-/m0/s1. The summed E-state index contributed by atoms with van der Waals surface area (Å²) in [4.78, 5) is 0. The van der Waals surface area contributed by atoms with Crippen molar-refractivity contribution in [3.8, 4) is 0 Å². The zero-order valence-electron chi connectivity index (χ0n) is 8.25. The second-order valence-electron chi connectivity index (χ2n) is 5.08. The van der Waals surface area contributed by atoms with Gasteiger partial charge in [-0.05, 0) is 30.6 Å². The van der Waals surface area contributed by atoms with E-state index in [1.165, 1.54) is 0 Å². The van der Waals surface area contributed by atoms with Crippen molar-refractivity contribution in [2.24, 2.45) is 11.3 Å². The molecule has 2 N–H and O–H groups in total. The molecule has 2 heteroatoms. The molecule has 1 saturated carbocycles. The zero-order valence-corrected chi connectivity index (χ0v) is 8.25. The smallest absolute Gasteiger partial charge is 0.0567 e. The van der Waals surface area contributed by atoms with Gasteiger partial charge < -0.3 is 10.2 Å². The van der Waals surface area contributed by atoms with Gasteiger partial charge in [-0.1, -0.05) is 20.8 Å². The highest BCUT2D eigenvalue weighted by Gasteiger charge is 2.33. The van der Waals surface area contributed by atoms with Crippen LogP contribution >= 0.6 is 0 Å². The van der Waals surface area contributed by atoms with Crippen LogP contribution in [0.1, 0.15) is 40.0 Å². The quantitative estimate of drug-likeness (QED) is 0.582. The van der Waals surface area contributed by atoms with Gasteiger partial charge in [0, 0.05) is 0 Å². The van der Waals surface area contributed by atoms with Gasteiger partial charge >= 0.3 is 0 Å². The average molecular weight is 172 g/mol. The van der Waals surface area contributed by atoms with Crippen LogP contribution in [-0.2, 0) is 0 Å². The van der Waals surface area contributed by atoms with E-state index in [9.17, 15) is 10.2 Å². The fourth-order valence-corrected chi connectivity index (χ4v) is 1.97. The fraction of sp³-hybridized carbons (Fsp3) is 1.00. The molecule has 0 aliphatic heterocycles. The molecule has 0 amide bonds. The van der Waals surface area contributed by atoms with Crippen LogP contribution in [0.2, 0.25) is 0 Å². The van der Waals surface area contributed by atoms with E-state index < -0.39 is 0 Å². The van der Waals surface area contributed by atoms with Crippen LogP contribution in [0.5, 0.6) is 0 Å². The van der Waals surface area contributed by atoms with E-state index in [0.29, 0.717) is 12.3 Å². The number of hydrogen-bond donors (Lipinski definition) is 2. The highest BCUT2D eigenvalue weighted by Crippen LogP contribution is 2.37. The molecule has 0 saturated heterocycles. The Bertz CT molecular complexity index is 138. The second kappa shape index (κ2) is 3.35. The summed E-state index contributed by atoms with van der Waals surface area (Å²) in [7, 11) is 0. The Labute approximate surface area is 74.6 Å². The molecule has 1 aliphatic carbocycles. The Hall–Kier alpha value is -0.0800. The average Bonchev–Trinajstić information content (AvgIpc) is 1.82. The summed E-state index contributed by atoms with van der Waals surface area (Å²) in [5.74, 6) is 0.455. The van der Waals surface area contributed by atoms with Crippen LogP contribution in [0.3, 0.4) is 0 Å². The molecule has 0 radical (unpaired) electrons. The zero-order chi connectivity index (χ0) is 9.35. The van der Waals surface area contributed by atoms with Crippen molar-refractivity contribution in [1.29, 1.82) is 0 Å². The lowest BCUT2D eigenvalue weighted by atomic mass is 9.71. The van der Waals surface area contributed by atoms with E-state index in [1.54, 1.807) is 0 Å². The molecule has 2 atom stereocenters. The molecular weight excluding hydrogens is 152 g/mol. The van der Waals surface area contributed by atoms with Crippen molar-refractivity contribution >= 4 is 0 Å². The predicted molar refractivity (Wildman–Crippen MR) is 48.8 cm³/mol. The molecule has 1 rings (SSSR count). The number of hydrogen-bond acceptors (Lipinski definition) is 2. The first-order chi connectivity index (χ1) is 5.39. The van der Waals surface area contributed by atoms with Gasteiger partial charge in [-0.2, -0.15) is 0 Å². The minimum Gasteiger partial charge on any atom is -0.393 e. The van der Waals surface area contributed by atoms with Gasteiger partial charge in [0.15, 0.2) is 0 Å². The second-order valence-corrected chi connectivity index (χ2v) is 5.08. The van der Waals surface area contributed by atoms with Crippen molar-refractivity contribution in [1.82, 2.24) is 0 Å². The lowest BCUT2D eigenvalue weighted by Crippen LogP contribution is -2.35. The van der Waals surface area contributed by atoms with Crippen LogP contribution < -0.4 is 0 Å². The minimum absolute atomic E-state index is 0.211. The molecule has 72 valence electrons. The van der Waals surface area contributed by atoms with Crippen molar-refractivity contribution in [3.05, 3.63) is 0 Å². The molecular formula is C10H20O2. The lowest BCUT2D eigenvalue weighted by molar-refractivity contribution is -0.0150. The Morgan fingerprint density at radius 1 is 0.917 bits per heavy atom. The molecule has 1 aliphatic rings. The third kappa shape index (κ3) is 2.46. The molecule has 2 nitrogen and oxygen atoms in total. The van der Waals surface area contributed by atoms with E-state index in [4.69, 9.17) is 0 Å². The molecule has 0 heterocycles. The minimum atomic E-state index is -0.294. The Balaban J connectivity index is 2.55. The van der Waals surface area contributed by atoms with Gasteiger partial charge in [0.1, 0.15) is 0 Å². The summed E-state index contributed by atoms with van der Waals surface area (Å²) in [5.41, 5.74) is 0.211. The molecule has 1 fully saturated rings. The summed E-state index contributed by atoms with van der Waals surface area (Å²) in [6.07, 6.45) is 1.67. The van der Waals surface area contributed by atoms with Crippen LogP contribution in [0.4, 0.5) is 0 Å². The Morgan fingerprint density at radius 3 is 1.67 bits per heavy atom. The van der Waals surface area contributed by atoms with Crippen LogP contribution in [0.25, 0.3) is 0 Å². The van der Waals surface area contributed by atoms with Gasteiger partial charge in [-0.3, -0.25) is 0 Å². The van der Waals surface area contributed by atoms with Crippen molar-refractivity contribution < 1.29 is 10.2 Å². The van der Waals surface area contributed by atoms with E-state index in [-0.39, 0.29) is 17.6 Å². The molecule has 12 heavy (non-hydrogen) atoms.